The Hall–Kier alpha value is 0.620. The number of rotatable bonds is 0. The van der Waals surface area contributed by atoms with Crippen molar-refractivity contribution in [2.75, 3.05) is 0 Å². The van der Waals surface area contributed by atoms with Gasteiger partial charge in [0.15, 0.2) is 0 Å². The van der Waals surface area contributed by atoms with Crippen LogP contribution in [0.2, 0.25) is 0 Å². The molecule has 1 saturated heterocycles. The fraction of sp³-hybridized carbons (Fsp3) is 1.00. The van der Waals surface area contributed by atoms with Crippen LogP contribution in [0.5, 0.6) is 0 Å². The minimum Gasteiger partial charge on any atom is -0.340 e. The van der Waals surface area contributed by atoms with Crippen LogP contribution in [0.4, 0.5) is 0 Å². The van der Waals surface area contributed by atoms with E-state index < -0.39 is 5.97 Å². The Labute approximate surface area is 50.7 Å². The molecule has 0 aromatic heterocycles. The second kappa shape index (κ2) is 1.61. The van der Waals surface area contributed by atoms with Gasteiger partial charge in [0, 0.05) is 29.3 Å². The molecule has 0 aliphatic carbocycles. The minimum absolute atomic E-state index is 0. The molecule has 1 aliphatic rings. The van der Waals surface area contributed by atoms with E-state index in [-0.39, 0.29) is 22.4 Å². The summed E-state index contributed by atoms with van der Waals surface area (Å²) in [5.74, 6) is -1.25. The molecule has 4 heteroatoms. The average Bonchev–Trinajstić information content (AvgIpc) is 1.76. The zero-order chi connectivity index (χ0) is 3.91. The Morgan fingerprint density at radius 3 is 1.67 bits per heavy atom. The van der Waals surface area contributed by atoms with Crippen LogP contribution >= 0.6 is 0 Å². The second-order valence-corrected chi connectivity index (χ2v) is 1.06. The summed E-state index contributed by atoms with van der Waals surface area (Å²) in [6.45, 7) is 1.41. The SMILES string of the molecule is CC1(O)OO1.[Ag]. The quantitative estimate of drug-likeness (QED) is 0.316. The summed E-state index contributed by atoms with van der Waals surface area (Å²) >= 11 is 0. The van der Waals surface area contributed by atoms with Crippen molar-refractivity contribution >= 4 is 0 Å². The van der Waals surface area contributed by atoms with E-state index in [1.165, 1.54) is 6.92 Å². The van der Waals surface area contributed by atoms with Crippen LogP contribution in [-0.4, -0.2) is 11.1 Å². The Morgan fingerprint density at radius 2 is 1.67 bits per heavy atom. The molecule has 1 rings (SSSR count). The van der Waals surface area contributed by atoms with E-state index in [2.05, 4.69) is 9.78 Å². The summed E-state index contributed by atoms with van der Waals surface area (Å²) < 4.78 is 0. The monoisotopic (exact) mass is 183 g/mol. The fourth-order valence-electron chi connectivity index (χ4n) is 0.0603. The molecule has 0 bridgehead atoms. The molecule has 1 heterocycles. The third-order valence-corrected chi connectivity index (χ3v) is 0.325. The average molecular weight is 184 g/mol. The van der Waals surface area contributed by atoms with Gasteiger partial charge < -0.3 is 5.11 Å². The summed E-state index contributed by atoms with van der Waals surface area (Å²) in [7, 11) is 0. The molecule has 1 aliphatic heterocycles. The van der Waals surface area contributed by atoms with Crippen molar-refractivity contribution in [1.82, 2.24) is 0 Å². The van der Waals surface area contributed by atoms with Gasteiger partial charge >= 0.3 is 5.97 Å². The van der Waals surface area contributed by atoms with E-state index in [0.29, 0.717) is 0 Å². The van der Waals surface area contributed by atoms with E-state index in [1.54, 1.807) is 0 Å². The molecule has 0 saturated carbocycles. The van der Waals surface area contributed by atoms with Crippen molar-refractivity contribution < 1.29 is 37.3 Å². The summed E-state index contributed by atoms with van der Waals surface area (Å²) in [6.07, 6.45) is 0. The van der Waals surface area contributed by atoms with Crippen molar-refractivity contribution in [3.8, 4) is 0 Å². The first-order chi connectivity index (χ1) is 2.21. The van der Waals surface area contributed by atoms with Gasteiger partial charge in [0.2, 0.25) is 0 Å². The van der Waals surface area contributed by atoms with Gasteiger partial charge in [-0.05, 0) is 0 Å². The third-order valence-electron chi connectivity index (χ3n) is 0.325. The van der Waals surface area contributed by atoms with Crippen LogP contribution in [0.3, 0.4) is 0 Å². The van der Waals surface area contributed by atoms with Gasteiger partial charge in [0.25, 0.3) is 0 Å². The smallest absolute Gasteiger partial charge is 0.334 e. The predicted molar refractivity (Wildman–Crippen MR) is 12.8 cm³/mol. The molecular weight excluding hydrogens is 180 g/mol. The van der Waals surface area contributed by atoms with E-state index >= 15 is 0 Å². The van der Waals surface area contributed by atoms with Gasteiger partial charge in [0.1, 0.15) is 0 Å². The van der Waals surface area contributed by atoms with Gasteiger partial charge in [0.05, 0.1) is 0 Å². The van der Waals surface area contributed by atoms with Crippen molar-refractivity contribution in [2.45, 2.75) is 12.9 Å². The van der Waals surface area contributed by atoms with Gasteiger partial charge in [-0.3, -0.25) is 0 Å². The third kappa shape index (κ3) is 1.92. The molecule has 0 aromatic carbocycles. The van der Waals surface area contributed by atoms with Gasteiger partial charge in [-0.25, -0.2) is 0 Å². The molecule has 0 amide bonds. The first kappa shape index (κ1) is 6.62. The molecule has 0 atom stereocenters. The fourth-order valence-corrected chi connectivity index (χ4v) is 0.0603. The van der Waals surface area contributed by atoms with Gasteiger partial charge in [-0.1, -0.05) is 0 Å². The predicted octanol–water partition coefficient (Wildman–Crippen LogP) is -0.388. The second-order valence-electron chi connectivity index (χ2n) is 1.06. The van der Waals surface area contributed by atoms with Crippen LogP contribution < -0.4 is 0 Å². The first-order valence-electron chi connectivity index (χ1n) is 1.30. The molecule has 3 nitrogen and oxygen atoms in total. The summed E-state index contributed by atoms with van der Waals surface area (Å²) in [5.41, 5.74) is 0. The maximum Gasteiger partial charge on any atom is 0.334 e. The van der Waals surface area contributed by atoms with Gasteiger partial charge in [-0.15, -0.1) is 0 Å². The minimum atomic E-state index is -1.25. The Morgan fingerprint density at radius 1 is 1.50 bits per heavy atom. The molecule has 1 radical (unpaired) electrons. The molecule has 1 N–H and O–H groups in total. The van der Waals surface area contributed by atoms with E-state index in [0.717, 1.165) is 0 Å². The van der Waals surface area contributed by atoms with Crippen molar-refractivity contribution in [1.29, 1.82) is 0 Å². The van der Waals surface area contributed by atoms with E-state index in [9.17, 15) is 0 Å². The molecule has 0 aromatic rings. The summed E-state index contributed by atoms with van der Waals surface area (Å²) in [6, 6.07) is 0. The van der Waals surface area contributed by atoms with E-state index in [4.69, 9.17) is 5.11 Å². The normalized spacial score (nSPS) is 25.0. The van der Waals surface area contributed by atoms with Crippen LogP contribution in [0.1, 0.15) is 6.92 Å². The van der Waals surface area contributed by atoms with Crippen LogP contribution in [0, 0.1) is 0 Å². The largest absolute Gasteiger partial charge is 0.340 e. The molecule has 1 fully saturated rings. The van der Waals surface area contributed by atoms with Crippen LogP contribution in [0.25, 0.3) is 0 Å². The van der Waals surface area contributed by atoms with Crippen LogP contribution in [-0.2, 0) is 32.2 Å². The number of hydrogen-bond acceptors (Lipinski definition) is 3. The van der Waals surface area contributed by atoms with Crippen LogP contribution in [0.15, 0.2) is 0 Å². The standard InChI is InChI=1S/C2H4O3.Ag/c1-2(3)4-5-2;/h3H,1H3;. The number of hydrogen-bond donors (Lipinski definition) is 1. The Bertz CT molecular complexity index is 46.8. The zero-order valence-corrected chi connectivity index (χ0v) is 4.55. The Kier molecular flexibility index (Phi) is 1.78. The van der Waals surface area contributed by atoms with Crippen molar-refractivity contribution in [3.05, 3.63) is 0 Å². The molecule has 0 spiro atoms. The number of aliphatic hydroxyl groups is 1. The summed E-state index contributed by atoms with van der Waals surface area (Å²) in [4.78, 5) is 7.90. The topological polar surface area (TPSA) is 45.3 Å². The van der Waals surface area contributed by atoms with Gasteiger partial charge in [-0.2, -0.15) is 9.78 Å². The zero-order valence-electron chi connectivity index (χ0n) is 3.07. The molecule has 41 valence electrons. The Balaban J connectivity index is 0.000000250. The maximum atomic E-state index is 8.19. The first-order valence-corrected chi connectivity index (χ1v) is 1.30. The molecular formula is C2H4AgO3. The summed E-state index contributed by atoms with van der Waals surface area (Å²) in [5, 5.41) is 8.19. The van der Waals surface area contributed by atoms with E-state index in [1.807, 2.05) is 0 Å². The van der Waals surface area contributed by atoms with Crippen molar-refractivity contribution in [2.24, 2.45) is 0 Å². The molecule has 0 unspecified atom stereocenters. The molecule has 6 heavy (non-hydrogen) atoms. The maximum absolute atomic E-state index is 8.19. The van der Waals surface area contributed by atoms with Crippen molar-refractivity contribution in [3.63, 3.8) is 0 Å².